The predicted molar refractivity (Wildman–Crippen MR) is 86.2 cm³/mol. The van der Waals surface area contributed by atoms with E-state index < -0.39 is 0 Å². The third-order valence-electron chi connectivity index (χ3n) is 3.44. The van der Waals surface area contributed by atoms with Crippen LogP contribution >= 0.6 is 0 Å². The number of ether oxygens (including phenoxy) is 1. The number of hydrogen-bond acceptors (Lipinski definition) is 3. The van der Waals surface area contributed by atoms with Crippen LogP contribution in [0.1, 0.15) is 43.7 Å². The molecule has 0 radical (unpaired) electrons. The van der Waals surface area contributed by atoms with Crippen molar-refractivity contribution in [3.05, 3.63) is 29.5 Å². The molecule has 2 rings (SSSR count). The van der Waals surface area contributed by atoms with E-state index in [1.165, 1.54) is 6.92 Å². The first kappa shape index (κ1) is 16.1. The van der Waals surface area contributed by atoms with E-state index in [0.29, 0.717) is 11.3 Å². The van der Waals surface area contributed by atoms with Crippen LogP contribution in [0.25, 0.3) is 10.9 Å². The summed E-state index contributed by atoms with van der Waals surface area (Å²) >= 11 is 0. The molecule has 0 aliphatic heterocycles. The molecule has 5 heteroatoms. The van der Waals surface area contributed by atoms with Gasteiger partial charge in [-0.05, 0) is 45.9 Å². The summed E-state index contributed by atoms with van der Waals surface area (Å²) in [6.45, 7) is 9.08. The smallest absolute Gasteiger partial charge is 0.308 e. The SMILES string of the molecule is CC(=O)Oc1ccc2c(c1)c(C(=O)NC(C)(C)C)c(C)n2C. The van der Waals surface area contributed by atoms with E-state index in [-0.39, 0.29) is 17.4 Å². The van der Waals surface area contributed by atoms with Gasteiger partial charge in [-0.1, -0.05) is 0 Å². The van der Waals surface area contributed by atoms with Gasteiger partial charge in [0, 0.05) is 36.1 Å². The van der Waals surface area contributed by atoms with Gasteiger partial charge >= 0.3 is 5.97 Å². The molecule has 1 aromatic heterocycles. The van der Waals surface area contributed by atoms with Crippen molar-refractivity contribution in [1.29, 1.82) is 0 Å². The number of carbonyl (C=O) groups excluding carboxylic acids is 2. The van der Waals surface area contributed by atoms with Crippen molar-refractivity contribution in [3.8, 4) is 5.75 Å². The Kier molecular flexibility index (Phi) is 4.00. The molecule has 1 heterocycles. The van der Waals surface area contributed by atoms with Crippen molar-refractivity contribution in [3.63, 3.8) is 0 Å². The molecule has 0 spiro atoms. The van der Waals surface area contributed by atoms with Crippen molar-refractivity contribution < 1.29 is 14.3 Å². The van der Waals surface area contributed by atoms with Gasteiger partial charge in [0.2, 0.25) is 0 Å². The van der Waals surface area contributed by atoms with Gasteiger partial charge in [-0.25, -0.2) is 0 Å². The minimum Gasteiger partial charge on any atom is -0.427 e. The third kappa shape index (κ3) is 3.13. The Morgan fingerprint density at radius 1 is 1.23 bits per heavy atom. The molecule has 1 N–H and O–H groups in total. The third-order valence-corrected chi connectivity index (χ3v) is 3.44. The number of rotatable bonds is 2. The zero-order valence-electron chi connectivity index (χ0n) is 13.9. The van der Waals surface area contributed by atoms with E-state index in [0.717, 1.165) is 16.6 Å². The normalized spacial score (nSPS) is 11.5. The van der Waals surface area contributed by atoms with Gasteiger partial charge in [-0.2, -0.15) is 0 Å². The van der Waals surface area contributed by atoms with Gasteiger partial charge in [0.25, 0.3) is 5.91 Å². The Morgan fingerprint density at radius 2 is 1.86 bits per heavy atom. The summed E-state index contributed by atoms with van der Waals surface area (Å²) in [5, 5.41) is 3.76. The summed E-state index contributed by atoms with van der Waals surface area (Å²) in [5.74, 6) is -0.0707. The number of aromatic nitrogens is 1. The molecular weight excluding hydrogens is 280 g/mol. The average Bonchev–Trinajstić information content (AvgIpc) is 2.58. The molecule has 0 fully saturated rings. The summed E-state index contributed by atoms with van der Waals surface area (Å²) in [6, 6.07) is 5.32. The number of nitrogens with zero attached hydrogens (tertiary/aromatic N) is 1. The predicted octanol–water partition coefficient (Wildman–Crippen LogP) is 2.94. The zero-order valence-corrected chi connectivity index (χ0v) is 13.9. The van der Waals surface area contributed by atoms with Crippen LogP contribution in [-0.2, 0) is 11.8 Å². The van der Waals surface area contributed by atoms with Gasteiger partial charge in [-0.3, -0.25) is 9.59 Å². The molecule has 1 aromatic carbocycles. The van der Waals surface area contributed by atoms with E-state index >= 15 is 0 Å². The number of fused-ring (bicyclic) bond motifs is 1. The van der Waals surface area contributed by atoms with Crippen LogP contribution in [0, 0.1) is 6.92 Å². The van der Waals surface area contributed by atoms with Crippen LogP contribution in [0.4, 0.5) is 0 Å². The number of hydrogen-bond donors (Lipinski definition) is 1. The molecule has 0 saturated carbocycles. The van der Waals surface area contributed by atoms with Gasteiger partial charge in [-0.15, -0.1) is 0 Å². The largest absolute Gasteiger partial charge is 0.427 e. The van der Waals surface area contributed by atoms with Gasteiger partial charge in [0.05, 0.1) is 5.56 Å². The minimum atomic E-state index is -0.382. The summed E-state index contributed by atoms with van der Waals surface area (Å²) < 4.78 is 7.09. The fourth-order valence-electron chi connectivity index (χ4n) is 2.47. The molecule has 118 valence electrons. The molecule has 0 bridgehead atoms. The lowest BCUT2D eigenvalue weighted by molar-refractivity contribution is -0.131. The van der Waals surface area contributed by atoms with Crippen molar-refractivity contribution in [2.75, 3.05) is 0 Å². The van der Waals surface area contributed by atoms with Crippen molar-refractivity contribution in [2.24, 2.45) is 7.05 Å². The molecule has 0 atom stereocenters. The summed E-state index contributed by atoms with van der Waals surface area (Å²) in [4.78, 5) is 23.7. The Bertz CT molecular complexity index is 751. The second-order valence-corrected chi connectivity index (χ2v) is 6.50. The number of nitrogens with one attached hydrogen (secondary N) is 1. The maximum absolute atomic E-state index is 12.6. The van der Waals surface area contributed by atoms with E-state index in [1.807, 2.05) is 45.4 Å². The first-order valence-electron chi connectivity index (χ1n) is 7.20. The number of aryl methyl sites for hydroxylation is 1. The molecule has 1 amide bonds. The highest BCUT2D eigenvalue weighted by Crippen LogP contribution is 2.29. The van der Waals surface area contributed by atoms with E-state index in [4.69, 9.17) is 4.74 Å². The lowest BCUT2D eigenvalue weighted by atomic mass is 10.1. The van der Waals surface area contributed by atoms with E-state index in [9.17, 15) is 9.59 Å². The van der Waals surface area contributed by atoms with Crippen LogP contribution in [0.5, 0.6) is 5.75 Å². The maximum Gasteiger partial charge on any atom is 0.308 e. The number of carbonyl (C=O) groups is 2. The summed E-state index contributed by atoms with van der Waals surface area (Å²) in [7, 11) is 1.91. The van der Waals surface area contributed by atoms with Crippen molar-refractivity contribution in [2.45, 2.75) is 40.2 Å². The lowest BCUT2D eigenvalue weighted by Crippen LogP contribution is -2.40. The fourth-order valence-corrected chi connectivity index (χ4v) is 2.47. The number of esters is 1. The average molecular weight is 302 g/mol. The Hall–Kier alpha value is -2.30. The lowest BCUT2D eigenvalue weighted by Gasteiger charge is -2.20. The number of amides is 1. The monoisotopic (exact) mass is 302 g/mol. The highest BCUT2D eigenvalue weighted by Gasteiger charge is 2.22. The fraction of sp³-hybridized carbons (Fsp3) is 0.412. The van der Waals surface area contributed by atoms with E-state index in [2.05, 4.69) is 5.32 Å². The van der Waals surface area contributed by atoms with Gasteiger partial charge in [0.15, 0.2) is 0 Å². The second kappa shape index (κ2) is 5.48. The Morgan fingerprint density at radius 3 is 2.41 bits per heavy atom. The van der Waals surface area contributed by atoms with Crippen molar-refractivity contribution in [1.82, 2.24) is 9.88 Å². The van der Waals surface area contributed by atoms with Crippen LogP contribution in [0.3, 0.4) is 0 Å². The highest BCUT2D eigenvalue weighted by atomic mass is 16.5. The van der Waals surface area contributed by atoms with E-state index in [1.54, 1.807) is 12.1 Å². The summed E-state index contributed by atoms with van der Waals surface area (Å²) in [6.07, 6.45) is 0. The maximum atomic E-state index is 12.6. The standard InChI is InChI=1S/C17H22N2O3/c1-10-15(16(21)18-17(3,4)5)13-9-12(22-11(2)20)7-8-14(13)19(10)6/h7-9H,1-6H3,(H,18,21). The van der Waals surface area contributed by atoms with Crippen LogP contribution in [0.2, 0.25) is 0 Å². The highest BCUT2D eigenvalue weighted by molar-refractivity contribution is 6.09. The molecule has 5 nitrogen and oxygen atoms in total. The Balaban J connectivity index is 2.59. The first-order chi connectivity index (χ1) is 10.1. The van der Waals surface area contributed by atoms with Crippen LogP contribution < -0.4 is 10.1 Å². The van der Waals surface area contributed by atoms with Gasteiger partial charge in [0.1, 0.15) is 5.75 Å². The van der Waals surface area contributed by atoms with Crippen LogP contribution in [0.15, 0.2) is 18.2 Å². The molecular formula is C17H22N2O3. The number of benzene rings is 1. The molecule has 2 aromatic rings. The molecule has 0 aliphatic rings. The summed E-state index contributed by atoms with van der Waals surface area (Å²) in [5.41, 5.74) is 2.09. The minimum absolute atomic E-state index is 0.129. The molecule has 0 aliphatic carbocycles. The zero-order chi connectivity index (χ0) is 16.7. The Labute approximate surface area is 130 Å². The van der Waals surface area contributed by atoms with Gasteiger partial charge < -0.3 is 14.6 Å². The first-order valence-corrected chi connectivity index (χ1v) is 7.20. The molecule has 0 unspecified atom stereocenters. The van der Waals surface area contributed by atoms with Crippen molar-refractivity contribution >= 4 is 22.8 Å². The topological polar surface area (TPSA) is 60.3 Å². The quantitative estimate of drug-likeness (QED) is 0.685. The molecule has 22 heavy (non-hydrogen) atoms. The second-order valence-electron chi connectivity index (χ2n) is 6.50. The van der Waals surface area contributed by atoms with Crippen LogP contribution in [-0.4, -0.2) is 22.0 Å². The molecule has 0 saturated heterocycles.